The van der Waals surface area contributed by atoms with Crippen molar-refractivity contribution in [2.24, 2.45) is 10.2 Å². The molecule has 0 atom stereocenters. The van der Waals surface area contributed by atoms with E-state index in [0.717, 1.165) is 10.0 Å². The number of benzene rings is 1. The van der Waals surface area contributed by atoms with Crippen molar-refractivity contribution in [3.05, 3.63) is 58.3 Å². The van der Waals surface area contributed by atoms with E-state index in [2.05, 4.69) is 31.1 Å². The van der Waals surface area contributed by atoms with Gasteiger partial charge in [-0.3, -0.25) is 4.40 Å². The summed E-state index contributed by atoms with van der Waals surface area (Å²) in [5.74, 6) is -0.939. The molecule has 2 aromatic heterocycles. The zero-order valence-electron chi connectivity index (χ0n) is 11.6. The second kappa shape index (κ2) is 5.69. The van der Waals surface area contributed by atoms with Crippen LogP contribution >= 0.6 is 15.9 Å². The molecule has 2 heterocycles. The highest BCUT2D eigenvalue weighted by atomic mass is 79.9. The van der Waals surface area contributed by atoms with Gasteiger partial charge in [-0.05, 0) is 46.6 Å². The second-order valence-electron chi connectivity index (χ2n) is 4.63. The van der Waals surface area contributed by atoms with Gasteiger partial charge in [0.05, 0.1) is 5.69 Å². The number of aromatic nitrogens is 2. The summed E-state index contributed by atoms with van der Waals surface area (Å²) in [7, 11) is 0. The Balaban J connectivity index is 2.17. The lowest BCUT2D eigenvalue weighted by Gasteiger charge is -1.99. The Bertz CT molecular complexity index is 902. The van der Waals surface area contributed by atoms with Crippen LogP contribution in [0.1, 0.15) is 16.1 Å². The van der Waals surface area contributed by atoms with Crippen LogP contribution in [0, 0.1) is 6.92 Å². The monoisotopic (exact) mass is 358 g/mol. The van der Waals surface area contributed by atoms with E-state index >= 15 is 0 Å². The number of halogens is 1. The van der Waals surface area contributed by atoms with E-state index < -0.39 is 5.97 Å². The lowest BCUT2D eigenvalue weighted by Crippen LogP contribution is -1.96. The number of aromatic carboxylic acids is 1. The van der Waals surface area contributed by atoms with Crippen molar-refractivity contribution in [3.63, 3.8) is 0 Å². The van der Waals surface area contributed by atoms with Crippen molar-refractivity contribution in [1.29, 1.82) is 0 Å². The molecule has 0 aliphatic rings. The highest BCUT2D eigenvalue weighted by molar-refractivity contribution is 9.10. The van der Waals surface area contributed by atoms with Crippen LogP contribution in [0.3, 0.4) is 0 Å². The average molecular weight is 359 g/mol. The summed E-state index contributed by atoms with van der Waals surface area (Å²) in [6, 6.07) is 11.0. The molecule has 0 saturated carbocycles. The maximum absolute atomic E-state index is 11.4. The third-order valence-corrected chi connectivity index (χ3v) is 3.80. The molecule has 0 unspecified atom stereocenters. The maximum Gasteiger partial charge on any atom is 0.358 e. The van der Waals surface area contributed by atoms with E-state index in [0.29, 0.717) is 11.3 Å². The van der Waals surface area contributed by atoms with Gasteiger partial charge in [0.15, 0.2) is 11.5 Å². The van der Waals surface area contributed by atoms with Gasteiger partial charge >= 0.3 is 5.97 Å². The van der Waals surface area contributed by atoms with Gasteiger partial charge in [0, 0.05) is 10.7 Å². The topological polar surface area (TPSA) is 79.3 Å². The van der Waals surface area contributed by atoms with Gasteiger partial charge in [-0.15, -0.1) is 10.2 Å². The van der Waals surface area contributed by atoms with Gasteiger partial charge in [0.25, 0.3) is 0 Å². The molecule has 0 spiro atoms. The van der Waals surface area contributed by atoms with E-state index in [4.69, 9.17) is 0 Å². The molecule has 0 radical (unpaired) electrons. The van der Waals surface area contributed by atoms with Crippen molar-refractivity contribution in [2.45, 2.75) is 6.92 Å². The Morgan fingerprint density at radius 2 is 2.00 bits per heavy atom. The summed E-state index contributed by atoms with van der Waals surface area (Å²) in [6.45, 7) is 1.86. The largest absolute Gasteiger partial charge is 0.476 e. The number of hydrogen-bond acceptors (Lipinski definition) is 4. The van der Waals surface area contributed by atoms with Crippen LogP contribution in [0.2, 0.25) is 0 Å². The van der Waals surface area contributed by atoms with Gasteiger partial charge in [0.2, 0.25) is 0 Å². The van der Waals surface area contributed by atoms with E-state index in [-0.39, 0.29) is 11.5 Å². The molecule has 0 saturated heterocycles. The lowest BCUT2D eigenvalue weighted by molar-refractivity contribution is 0.0692. The fraction of sp³-hybridized carbons (Fsp3) is 0.0667. The summed E-state index contributed by atoms with van der Waals surface area (Å²) in [4.78, 5) is 15.5. The van der Waals surface area contributed by atoms with Crippen molar-refractivity contribution in [1.82, 2.24) is 9.38 Å². The smallest absolute Gasteiger partial charge is 0.358 e. The summed E-state index contributed by atoms with van der Waals surface area (Å²) < 4.78 is 2.40. The van der Waals surface area contributed by atoms with Crippen LogP contribution < -0.4 is 0 Å². The standard InChI is InChI=1S/C15H11BrN4O2/c1-9-5-4-8-20-13(9)17-12(15(21)22)14(20)19-18-11-7-3-2-6-10(11)16/h2-8H,1H3,(H,21,22). The predicted molar refractivity (Wildman–Crippen MR) is 85.2 cm³/mol. The van der Waals surface area contributed by atoms with Gasteiger partial charge in [0.1, 0.15) is 5.65 Å². The molecule has 3 aromatic rings. The number of carboxylic acids is 1. The highest BCUT2D eigenvalue weighted by Crippen LogP contribution is 2.29. The minimum atomic E-state index is -1.14. The average Bonchev–Trinajstić information content (AvgIpc) is 2.87. The van der Waals surface area contributed by atoms with E-state index in [9.17, 15) is 9.90 Å². The SMILES string of the molecule is Cc1cccn2c(N=Nc3ccccc3Br)c(C(=O)O)nc12. The summed E-state index contributed by atoms with van der Waals surface area (Å²) >= 11 is 3.38. The summed E-state index contributed by atoms with van der Waals surface area (Å²) in [5, 5.41) is 17.6. The molecule has 0 aliphatic heterocycles. The predicted octanol–water partition coefficient (Wildman–Crippen LogP) is 4.52. The van der Waals surface area contributed by atoms with E-state index in [1.54, 1.807) is 16.7 Å². The van der Waals surface area contributed by atoms with Gasteiger partial charge in [-0.2, -0.15) is 0 Å². The van der Waals surface area contributed by atoms with Gasteiger partial charge in [-0.1, -0.05) is 18.2 Å². The Morgan fingerprint density at radius 1 is 1.23 bits per heavy atom. The Labute approximate surface area is 134 Å². The lowest BCUT2D eigenvalue weighted by atomic mass is 10.3. The number of carbonyl (C=O) groups is 1. The first kappa shape index (κ1) is 14.4. The van der Waals surface area contributed by atoms with Crippen molar-refractivity contribution < 1.29 is 9.90 Å². The molecule has 6 nitrogen and oxygen atoms in total. The van der Waals surface area contributed by atoms with Gasteiger partial charge < -0.3 is 5.11 Å². The number of pyridine rings is 1. The molecule has 0 fully saturated rings. The summed E-state index contributed by atoms with van der Waals surface area (Å²) in [6.07, 6.45) is 1.72. The fourth-order valence-corrected chi connectivity index (χ4v) is 2.43. The third kappa shape index (κ3) is 2.50. The number of carboxylic acid groups (broad SMARTS) is 1. The number of nitrogens with zero attached hydrogens (tertiary/aromatic N) is 4. The molecule has 0 amide bonds. The first-order valence-electron chi connectivity index (χ1n) is 6.45. The number of fused-ring (bicyclic) bond motifs is 1. The molecule has 3 rings (SSSR count). The van der Waals surface area contributed by atoms with Crippen molar-refractivity contribution in [2.75, 3.05) is 0 Å². The second-order valence-corrected chi connectivity index (χ2v) is 5.48. The van der Waals surface area contributed by atoms with Crippen LogP contribution in [0.15, 0.2) is 57.3 Å². The zero-order chi connectivity index (χ0) is 15.7. The number of rotatable bonds is 3. The normalized spacial score (nSPS) is 11.4. The molecular weight excluding hydrogens is 348 g/mol. The molecule has 22 heavy (non-hydrogen) atoms. The molecule has 1 N–H and O–H groups in total. The number of azo groups is 1. The first-order valence-corrected chi connectivity index (χ1v) is 7.24. The molecule has 110 valence electrons. The molecule has 1 aromatic carbocycles. The van der Waals surface area contributed by atoms with E-state index in [1.165, 1.54) is 0 Å². The molecule has 0 bridgehead atoms. The fourth-order valence-electron chi connectivity index (χ4n) is 2.06. The van der Waals surface area contributed by atoms with Crippen LogP contribution in [0.5, 0.6) is 0 Å². The van der Waals surface area contributed by atoms with Crippen LogP contribution in [0.4, 0.5) is 11.5 Å². The molecule has 0 aliphatic carbocycles. The molecular formula is C15H11BrN4O2. The summed E-state index contributed by atoms with van der Waals surface area (Å²) in [5.41, 5.74) is 1.92. The van der Waals surface area contributed by atoms with Gasteiger partial charge in [-0.25, -0.2) is 9.78 Å². The number of aryl methyl sites for hydroxylation is 1. The van der Waals surface area contributed by atoms with E-state index in [1.807, 2.05) is 37.3 Å². The highest BCUT2D eigenvalue weighted by Gasteiger charge is 2.19. The zero-order valence-corrected chi connectivity index (χ0v) is 13.1. The number of imidazole rings is 1. The Hall–Kier alpha value is -2.54. The van der Waals surface area contributed by atoms with Crippen LogP contribution in [-0.2, 0) is 0 Å². The minimum absolute atomic E-state index is 0.120. The maximum atomic E-state index is 11.4. The molecule has 7 heteroatoms. The first-order chi connectivity index (χ1) is 10.6. The van der Waals surface area contributed by atoms with Crippen molar-refractivity contribution >= 4 is 39.1 Å². The quantitative estimate of drug-likeness (QED) is 0.699. The third-order valence-electron chi connectivity index (χ3n) is 3.13. The van der Waals surface area contributed by atoms with Crippen LogP contribution in [0.25, 0.3) is 5.65 Å². The number of hydrogen-bond donors (Lipinski definition) is 1. The van der Waals surface area contributed by atoms with Crippen molar-refractivity contribution in [3.8, 4) is 0 Å². The Morgan fingerprint density at radius 3 is 2.73 bits per heavy atom. The minimum Gasteiger partial charge on any atom is -0.476 e. The van der Waals surface area contributed by atoms with Crippen LogP contribution in [-0.4, -0.2) is 20.5 Å². The Kier molecular flexibility index (Phi) is 3.72.